The van der Waals surface area contributed by atoms with Gasteiger partial charge in [0, 0.05) is 12.5 Å². The molecule has 1 N–H and O–H groups in total. The van der Waals surface area contributed by atoms with Crippen LogP contribution in [0.25, 0.3) is 0 Å². The minimum absolute atomic E-state index is 0.0549. The highest BCUT2D eigenvalue weighted by atomic mass is 19.1. The number of para-hydroxylation sites is 1. The molecular formula is C17H15FN2O5. The molecule has 0 bridgehead atoms. The van der Waals surface area contributed by atoms with E-state index < -0.39 is 28.7 Å². The van der Waals surface area contributed by atoms with E-state index in [2.05, 4.69) is 10.1 Å². The number of nitrogens with one attached hydrogen (secondary N) is 1. The molecule has 8 heteroatoms. The standard InChI is InChI=1S/C17H15FN2O5/c1-25-17(22)14(10-11-6-8-12(18)9-7-11)19-16(21)13-4-2-3-5-15(13)20(23)24/h2-9,14H,10H2,1H3,(H,19,21). The Morgan fingerprint density at radius 2 is 1.84 bits per heavy atom. The molecule has 0 heterocycles. The number of hydrogen-bond donors (Lipinski definition) is 1. The highest BCUT2D eigenvalue weighted by Crippen LogP contribution is 2.18. The van der Waals surface area contributed by atoms with E-state index in [1.165, 1.54) is 48.5 Å². The molecule has 2 aromatic carbocycles. The van der Waals surface area contributed by atoms with Crippen molar-refractivity contribution in [3.8, 4) is 0 Å². The zero-order valence-electron chi connectivity index (χ0n) is 13.3. The normalized spacial score (nSPS) is 11.4. The number of nitrogens with zero attached hydrogens (tertiary/aromatic N) is 1. The molecule has 7 nitrogen and oxygen atoms in total. The third-order valence-corrected chi connectivity index (χ3v) is 3.49. The molecule has 0 aliphatic rings. The van der Waals surface area contributed by atoms with Crippen LogP contribution >= 0.6 is 0 Å². The Morgan fingerprint density at radius 3 is 2.44 bits per heavy atom. The third-order valence-electron chi connectivity index (χ3n) is 3.49. The van der Waals surface area contributed by atoms with Crippen molar-refractivity contribution in [3.63, 3.8) is 0 Å². The Labute approximate surface area is 142 Å². The van der Waals surface area contributed by atoms with Gasteiger partial charge in [0.1, 0.15) is 17.4 Å². The molecular weight excluding hydrogens is 331 g/mol. The molecule has 25 heavy (non-hydrogen) atoms. The van der Waals surface area contributed by atoms with Gasteiger partial charge in [-0.25, -0.2) is 9.18 Å². The van der Waals surface area contributed by atoms with Crippen molar-refractivity contribution >= 4 is 17.6 Å². The summed E-state index contributed by atoms with van der Waals surface area (Å²) in [4.78, 5) is 34.6. The first kappa shape index (κ1) is 18.1. The Hall–Kier alpha value is -3.29. The second-order valence-electron chi connectivity index (χ2n) is 5.15. The quantitative estimate of drug-likeness (QED) is 0.491. The largest absolute Gasteiger partial charge is 0.467 e. The second kappa shape index (κ2) is 8.00. The number of carbonyl (C=O) groups is 2. The first-order valence-electron chi connectivity index (χ1n) is 7.29. The highest BCUT2D eigenvalue weighted by Gasteiger charge is 2.26. The van der Waals surface area contributed by atoms with Gasteiger partial charge in [-0.3, -0.25) is 14.9 Å². The zero-order valence-corrected chi connectivity index (χ0v) is 13.3. The monoisotopic (exact) mass is 346 g/mol. The van der Waals surface area contributed by atoms with E-state index >= 15 is 0 Å². The summed E-state index contributed by atoms with van der Waals surface area (Å²) in [6.45, 7) is 0. The first-order chi connectivity index (χ1) is 11.9. The average molecular weight is 346 g/mol. The minimum atomic E-state index is -1.07. The van der Waals surface area contributed by atoms with Crippen LogP contribution in [0.3, 0.4) is 0 Å². The molecule has 0 radical (unpaired) electrons. The Kier molecular flexibility index (Phi) is 5.78. The number of benzene rings is 2. The molecule has 0 aliphatic heterocycles. The number of ether oxygens (including phenoxy) is 1. The Bertz CT molecular complexity index is 792. The summed E-state index contributed by atoms with van der Waals surface area (Å²) in [5, 5.41) is 13.5. The van der Waals surface area contributed by atoms with E-state index in [1.807, 2.05) is 0 Å². The molecule has 130 valence electrons. The first-order valence-corrected chi connectivity index (χ1v) is 7.29. The molecule has 0 saturated heterocycles. The van der Waals surface area contributed by atoms with Crippen LogP contribution in [0.1, 0.15) is 15.9 Å². The predicted molar refractivity (Wildman–Crippen MR) is 86.5 cm³/mol. The van der Waals surface area contributed by atoms with Crippen LogP contribution in [0.4, 0.5) is 10.1 Å². The summed E-state index contributed by atoms with van der Waals surface area (Å²) in [5.41, 5.74) is 0.0607. The number of hydrogen-bond acceptors (Lipinski definition) is 5. The summed E-state index contributed by atoms with van der Waals surface area (Å²) in [6.07, 6.45) is 0.0549. The number of rotatable bonds is 6. The maximum absolute atomic E-state index is 13.0. The van der Waals surface area contributed by atoms with Crippen LogP contribution < -0.4 is 5.32 Å². The smallest absolute Gasteiger partial charge is 0.328 e. The summed E-state index contributed by atoms with van der Waals surface area (Å²) in [5.74, 6) is -1.91. The fourth-order valence-corrected chi connectivity index (χ4v) is 2.25. The van der Waals surface area contributed by atoms with Crippen molar-refractivity contribution in [3.05, 3.63) is 75.6 Å². The van der Waals surface area contributed by atoms with Crippen molar-refractivity contribution in [2.24, 2.45) is 0 Å². The van der Waals surface area contributed by atoms with Gasteiger partial charge in [0.15, 0.2) is 0 Å². The van der Waals surface area contributed by atoms with E-state index in [-0.39, 0.29) is 17.7 Å². The lowest BCUT2D eigenvalue weighted by molar-refractivity contribution is -0.385. The van der Waals surface area contributed by atoms with Gasteiger partial charge in [-0.2, -0.15) is 0 Å². The molecule has 2 aromatic rings. The van der Waals surface area contributed by atoms with Crippen molar-refractivity contribution in [1.82, 2.24) is 5.32 Å². The average Bonchev–Trinajstić information content (AvgIpc) is 2.62. The maximum Gasteiger partial charge on any atom is 0.328 e. The molecule has 1 amide bonds. The van der Waals surface area contributed by atoms with Gasteiger partial charge in [0.2, 0.25) is 0 Å². The number of esters is 1. The number of amides is 1. The number of halogens is 1. The van der Waals surface area contributed by atoms with Crippen molar-refractivity contribution < 1.29 is 23.6 Å². The lowest BCUT2D eigenvalue weighted by atomic mass is 10.0. The molecule has 0 spiro atoms. The number of nitro benzene ring substituents is 1. The van der Waals surface area contributed by atoms with Crippen LogP contribution in [0, 0.1) is 15.9 Å². The third kappa shape index (κ3) is 4.60. The fraction of sp³-hybridized carbons (Fsp3) is 0.176. The van der Waals surface area contributed by atoms with Crippen LogP contribution in [0.5, 0.6) is 0 Å². The van der Waals surface area contributed by atoms with Gasteiger partial charge in [-0.15, -0.1) is 0 Å². The lowest BCUT2D eigenvalue weighted by Crippen LogP contribution is -2.43. The van der Waals surface area contributed by atoms with Crippen LogP contribution in [0.15, 0.2) is 48.5 Å². The lowest BCUT2D eigenvalue weighted by Gasteiger charge is -2.16. The van der Waals surface area contributed by atoms with E-state index in [4.69, 9.17) is 0 Å². The van der Waals surface area contributed by atoms with Gasteiger partial charge in [0.25, 0.3) is 11.6 Å². The SMILES string of the molecule is COC(=O)C(Cc1ccc(F)cc1)NC(=O)c1ccccc1[N+](=O)[O-]. The summed E-state index contributed by atoms with van der Waals surface area (Å²) >= 11 is 0. The molecule has 2 rings (SSSR count). The Balaban J connectivity index is 2.22. The zero-order chi connectivity index (χ0) is 18.4. The molecule has 0 aliphatic carbocycles. The van der Waals surface area contributed by atoms with E-state index in [0.717, 1.165) is 7.11 Å². The van der Waals surface area contributed by atoms with Crippen molar-refractivity contribution in [2.75, 3.05) is 7.11 Å². The van der Waals surface area contributed by atoms with E-state index in [1.54, 1.807) is 0 Å². The Morgan fingerprint density at radius 1 is 1.20 bits per heavy atom. The number of methoxy groups -OCH3 is 1. The van der Waals surface area contributed by atoms with Gasteiger partial charge >= 0.3 is 5.97 Å². The van der Waals surface area contributed by atoms with Crippen molar-refractivity contribution in [2.45, 2.75) is 12.5 Å². The summed E-state index contributed by atoms with van der Waals surface area (Å²) in [6, 6.07) is 9.75. The molecule has 0 fully saturated rings. The number of nitro groups is 1. The predicted octanol–water partition coefficient (Wildman–Crippen LogP) is 2.25. The van der Waals surface area contributed by atoms with Gasteiger partial charge in [0.05, 0.1) is 12.0 Å². The van der Waals surface area contributed by atoms with Crippen molar-refractivity contribution in [1.29, 1.82) is 0 Å². The minimum Gasteiger partial charge on any atom is -0.467 e. The summed E-state index contributed by atoms with van der Waals surface area (Å²) in [7, 11) is 1.16. The van der Waals surface area contributed by atoms with E-state index in [9.17, 15) is 24.1 Å². The molecule has 1 atom stereocenters. The van der Waals surface area contributed by atoms with E-state index in [0.29, 0.717) is 5.56 Å². The topological polar surface area (TPSA) is 98.5 Å². The number of carbonyl (C=O) groups excluding carboxylic acids is 2. The molecule has 0 saturated carbocycles. The fourth-order valence-electron chi connectivity index (χ4n) is 2.25. The molecule has 0 aromatic heterocycles. The highest BCUT2D eigenvalue weighted by molar-refractivity contribution is 6.00. The van der Waals surface area contributed by atoms with Gasteiger partial charge in [-0.05, 0) is 23.8 Å². The second-order valence-corrected chi connectivity index (χ2v) is 5.15. The van der Waals surface area contributed by atoms with Gasteiger partial charge < -0.3 is 10.1 Å². The molecule has 1 unspecified atom stereocenters. The maximum atomic E-state index is 13.0. The van der Waals surface area contributed by atoms with Gasteiger partial charge in [-0.1, -0.05) is 24.3 Å². The van der Waals surface area contributed by atoms with Crippen LogP contribution in [-0.4, -0.2) is 30.0 Å². The van der Waals surface area contributed by atoms with Crippen LogP contribution in [0.2, 0.25) is 0 Å². The summed E-state index contributed by atoms with van der Waals surface area (Å²) < 4.78 is 17.6. The van der Waals surface area contributed by atoms with Crippen LogP contribution in [-0.2, 0) is 16.0 Å².